The molecule has 0 spiro atoms. The van der Waals surface area contributed by atoms with Crippen LogP contribution in [0.2, 0.25) is 0 Å². The normalized spacial score (nSPS) is 22.8. The van der Waals surface area contributed by atoms with Gasteiger partial charge in [0.25, 0.3) is 5.91 Å². The molecule has 1 aliphatic carbocycles. The largest absolute Gasteiger partial charge is 0.480 e. The molecule has 2 N–H and O–H groups in total. The number of carboxylic acid groups (broad SMARTS) is 1. The molecule has 8 heteroatoms. The highest BCUT2D eigenvalue weighted by Crippen LogP contribution is 2.31. The Kier molecular flexibility index (Phi) is 5.02. The number of benzene rings is 1. The van der Waals surface area contributed by atoms with Crippen LogP contribution in [-0.2, 0) is 27.3 Å². The number of nitrogens with zero attached hydrogens (tertiary/aromatic N) is 2. The van der Waals surface area contributed by atoms with Crippen molar-refractivity contribution >= 4 is 23.8 Å². The van der Waals surface area contributed by atoms with Gasteiger partial charge < -0.3 is 15.3 Å². The van der Waals surface area contributed by atoms with E-state index in [2.05, 4.69) is 5.32 Å². The Morgan fingerprint density at radius 1 is 1.10 bits per heavy atom. The summed E-state index contributed by atoms with van der Waals surface area (Å²) in [7, 11) is 0. The van der Waals surface area contributed by atoms with E-state index in [0.29, 0.717) is 25.8 Å². The molecule has 1 aromatic rings. The van der Waals surface area contributed by atoms with E-state index in [0.717, 1.165) is 35.3 Å². The van der Waals surface area contributed by atoms with Gasteiger partial charge in [-0.2, -0.15) is 0 Å². The number of aliphatic carboxylic acids is 1. The van der Waals surface area contributed by atoms with Crippen LogP contribution in [0.15, 0.2) is 24.3 Å². The minimum absolute atomic E-state index is 0.0391. The third-order valence-electron chi connectivity index (χ3n) is 6.33. The average Bonchev–Trinajstić information content (AvgIpc) is 2.95. The van der Waals surface area contributed by atoms with Crippen LogP contribution in [0.1, 0.15) is 49.7 Å². The summed E-state index contributed by atoms with van der Waals surface area (Å²) in [5.41, 5.74) is 0.869. The number of carbonyl (C=O) groups excluding carboxylic acids is 3. The second kappa shape index (κ2) is 7.50. The van der Waals surface area contributed by atoms with Crippen LogP contribution in [0.3, 0.4) is 0 Å². The molecule has 8 nitrogen and oxygen atoms in total. The molecule has 1 saturated heterocycles. The van der Waals surface area contributed by atoms with Crippen molar-refractivity contribution in [3.63, 3.8) is 0 Å². The van der Waals surface area contributed by atoms with Gasteiger partial charge in [0.1, 0.15) is 11.6 Å². The molecule has 1 unspecified atom stereocenters. The first-order chi connectivity index (χ1) is 13.9. The molecule has 2 fully saturated rings. The molecule has 0 aromatic heterocycles. The summed E-state index contributed by atoms with van der Waals surface area (Å²) in [5.74, 6) is -1.75. The third-order valence-corrected chi connectivity index (χ3v) is 6.33. The van der Waals surface area contributed by atoms with Gasteiger partial charge in [0.2, 0.25) is 5.91 Å². The van der Waals surface area contributed by atoms with Gasteiger partial charge in [-0.3, -0.25) is 14.5 Å². The number of imide groups is 1. The molecule has 1 atom stereocenters. The second-order valence-electron chi connectivity index (χ2n) is 8.14. The summed E-state index contributed by atoms with van der Waals surface area (Å²) in [5, 5.41) is 12.2. The Morgan fingerprint density at radius 3 is 2.48 bits per heavy atom. The quantitative estimate of drug-likeness (QED) is 0.733. The topological polar surface area (TPSA) is 107 Å². The first-order valence-electron chi connectivity index (χ1n) is 10.1. The van der Waals surface area contributed by atoms with Gasteiger partial charge in [0.15, 0.2) is 0 Å². The highest BCUT2D eigenvalue weighted by atomic mass is 16.4. The van der Waals surface area contributed by atoms with Gasteiger partial charge in [0, 0.05) is 25.9 Å². The number of amides is 4. The summed E-state index contributed by atoms with van der Waals surface area (Å²) in [6, 6.07) is 6.84. The van der Waals surface area contributed by atoms with Crippen molar-refractivity contribution in [1.29, 1.82) is 0 Å². The van der Waals surface area contributed by atoms with Crippen molar-refractivity contribution in [1.82, 2.24) is 15.1 Å². The van der Waals surface area contributed by atoms with Gasteiger partial charge in [-0.25, -0.2) is 9.59 Å². The maximum Gasteiger partial charge on any atom is 0.329 e. The minimum atomic E-state index is -1.23. The number of hydrogen-bond donors (Lipinski definition) is 2. The highest BCUT2D eigenvalue weighted by Gasteiger charge is 2.47. The number of hydrogen-bond acceptors (Lipinski definition) is 4. The van der Waals surface area contributed by atoms with Crippen molar-refractivity contribution in [2.24, 2.45) is 0 Å². The molecule has 1 aromatic carbocycles. The molecule has 2 aliphatic heterocycles. The number of rotatable bonds is 5. The van der Waals surface area contributed by atoms with Crippen molar-refractivity contribution < 1.29 is 24.3 Å². The number of urea groups is 1. The maximum atomic E-state index is 12.8. The summed E-state index contributed by atoms with van der Waals surface area (Å²) >= 11 is 0. The van der Waals surface area contributed by atoms with Crippen LogP contribution in [0, 0.1) is 0 Å². The Balaban J connectivity index is 1.39. The zero-order valence-electron chi connectivity index (χ0n) is 16.2. The van der Waals surface area contributed by atoms with Gasteiger partial charge in [-0.1, -0.05) is 43.5 Å². The van der Waals surface area contributed by atoms with Crippen LogP contribution in [0.5, 0.6) is 0 Å². The molecule has 3 aliphatic rings. The summed E-state index contributed by atoms with van der Waals surface area (Å²) in [6.45, 7) is 0.346. The molecule has 4 rings (SSSR count). The molecule has 1 saturated carbocycles. The van der Waals surface area contributed by atoms with Gasteiger partial charge in [0.05, 0.1) is 0 Å². The highest BCUT2D eigenvalue weighted by molar-refractivity contribution is 6.05. The lowest BCUT2D eigenvalue weighted by Crippen LogP contribution is -2.56. The smallest absolute Gasteiger partial charge is 0.329 e. The predicted molar refractivity (Wildman–Crippen MR) is 103 cm³/mol. The standard InChI is InChI=1S/C21H25N3O5/c25-17(22-21(19(27)28)9-4-1-5-10-21)8-11-23-18(26)16-12-14-6-2-3-7-15(14)13-24(16)20(23)29/h2-3,6-7,16H,1,4-5,8-13H2,(H,22,25)(H,27,28). The second-order valence-corrected chi connectivity index (χ2v) is 8.14. The van der Waals surface area contributed by atoms with E-state index in [4.69, 9.17) is 0 Å². The first-order valence-corrected chi connectivity index (χ1v) is 10.1. The lowest BCUT2D eigenvalue weighted by atomic mass is 9.81. The third kappa shape index (κ3) is 3.47. The first kappa shape index (κ1) is 19.4. The summed E-state index contributed by atoms with van der Waals surface area (Å²) < 4.78 is 0. The Bertz CT molecular complexity index is 819. The number of nitrogens with one attached hydrogen (secondary N) is 1. The summed E-state index contributed by atoms with van der Waals surface area (Å²) in [4.78, 5) is 52.4. The fraction of sp³-hybridized carbons (Fsp3) is 0.524. The monoisotopic (exact) mass is 399 g/mol. The van der Waals surface area contributed by atoms with Crippen molar-refractivity contribution in [2.45, 2.75) is 63.1 Å². The fourth-order valence-corrected chi connectivity index (χ4v) is 4.67. The number of carboxylic acids is 1. The van der Waals surface area contributed by atoms with Crippen molar-refractivity contribution in [2.75, 3.05) is 6.54 Å². The SMILES string of the molecule is O=C(CCN1C(=O)C2Cc3ccccc3CN2C1=O)NC1(C(=O)O)CCCCC1. The molecular formula is C21H25N3O5. The molecule has 29 heavy (non-hydrogen) atoms. The molecule has 2 heterocycles. The zero-order chi connectivity index (χ0) is 20.6. The minimum Gasteiger partial charge on any atom is -0.480 e. The van der Waals surface area contributed by atoms with Gasteiger partial charge in [-0.15, -0.1) is 0 Å². The Morgan fingerprint density at radius 2 is 1.79 bits per heavy atom. The Labute approximate surface area is 168 Å². The summed E-state index contributed by atoms with van der Waals surface area (Å²) in [6.07, 6.45) is 3.67. The van der Waals surface area contributed by atoms with Crippen LogP contribution in [0.25, 0.3) is 0 Å². The molecule has 4 amide bonds. The molecule has 0 radical (unpaired) electrons. The molecule has 0 bridgehead atoms. The molecular weight excluding hydrogens is 374 g/mol. The predicted octanol–water partition coefficient (Wildman–Crippen LogP) is 1.67. The lowest BCUT2D eigenvalue weighted by molar-refractivity contribution is -0.149. The Hall–Kier alpha value is -2.90. The number of carbonyl (C=O) groups is 4. The lowest BCUT2D eigenvalue weighted by Gasteiger charge is -2.34. The van der Waals surface area contributed by atoms with Gasteiger partial charge in [-0.05, 0) is 24.0 Å². The van der Waals surface area contributed by atoms with Crippen molar-refractivity contribution in [3.8, 4) is 0 Å². The average molecular weight is 399 g/mol. The van der Waals surface area contributed by atoms with E-state index < -0.39 is 23.5 Å². The molecule has 154 valence electrons. The van der Waals surface area contributed by atoms with E-state index >= 15 is 0 Å². The zero-order valence-corrected chi connectivity index (χ0v) is 16.2. The van der Waals surface area contributed by atoms with Crippen LogP contribution >= 0.6 is 0 Å². The van der Waals surface area contributed by atoms with Gasteiger partial charge >= 0.3 is 12.0 Å². The van der Waals surface area contributed by atoms with Crippen LogP contribution in [0.4, 0.5) is 4.79 Å². The van der Waals surface area contributed by atoms with Crippen LogP contribution < -0.4 is 5.32 Å². The van der Waals surface area contributed by atoms with E-state index in [1.807, 2.05) is 24.3 Å². The van der Waals surface area contributed by atoms with Crippen molar-refractivity contribution in [3.05, 3.63) is 35.4 Å². The maximum absolute atomic E-state index is 12.8. The van der Waals surface area contributed by atoms with E-state index in [1.165, 1.54) is 0 Å². The van der Waals surface area contributed by atoms with Crippen LogP contribution in [-0.4, -0.2) is 56.8 Å². The van der Waals surface area contributed by atoms with E-state index in [1.54, 1.807) is 4.90 Å². The fourth-order valence-electron chi connectivity index (χ4n) is 4.67. The van der Waals surface area contributed by atoms with E-state index in [9.17, 15) is 24.3 Å². The van der Waals surface area contributed by atoms with E-state index in [-0.39, 0.29) is 24.9 Å². The number of fused-ring (bicyclic) bond motifs is 2.